The normalized spacial score (nSPS) is 21.6. The van der Waals surface area contributed by atoms with Gasteiger partial charge in [0.15, 0.2) is 0 Å². The summed E-state index contributed by atoms with van der Waals surface area (Å²) >= 11 is 0. The number of aryl methyl sites for hydroxylation is 1. The average Bonchev–Trinajstić information content (AvgIpc) is 2.89. The van der Waals surface area contributed by atoms with Gasteiger partial charge in [0.1, 0.15) is 0 Å². The Morgan fingerprint density at radius 1 is 1.47 bits per heavy atom. The van der Waals surface area contributed by atoms with E-state index in [4.69, 9.17) is 4.74 Å². The predicted molar refractivity (Wildman–Crippen MR) is 71.2 cm³/mol. The zero-order valence-electron chi connectivity index (χ0n) is 10.9. The maximum absolute atomic E-state index is 5.72. The molecule has 0 saturated carbocycles. The van der Waals surface area contributed by atoms with Gasteiger partial charge in [0.2, 0.25) is 0 Å². The molecule has 0 bridgehead atoms. The van der Waals surface area contributed by atoms with E-state index >= 15 is 0 Å². The maximum atomic E-state index is 5.72. The summed E-state index contributed by atoms with van der Waals surface area (Å²) in [7, 11) is 2.04. The smallest absolute Gasteiger partial charge is 0.0594 e. The lowest BCUT2D eigenvalue weighted by Crippen LogP contribution is -2.22. The zero-order chi connectivity index (χ0) is 12.1. The minimum atomic E-state index is 0.421. The monoisotopic (exact) mass is 233 g/mol. The highest BCUT2D eigenvalue weighted by atomic mass is 16.5. The van der Waals surface area contributed by atoms with Crippen molar-refractivity contribution >= 4 is 0 Å². The topological polar surface area (TPSA) is 21.3 Å². The summed E-state index contributed by atoms with van der Waals surface area (Å²) in [5.41, 5.74) is 2.80. The molecule has 1 fully saturated rings. The Kier molecular flexibility index (Phi) is 4.57. The van der Waals surface area contributed by atoms with E-state index in [1.807, 2.05) is 7.05 Å². The Balaban J connectivity index is 2.04. The molecule has 2 nitrogen and oxygen atoms in total. The second kappa shape index (κ2) is 6.18. The third kappa shape index (κ3) is 3.30. The zero-order valence-corrected chi connectivity index (χ0v) is 10.9. The Hall–Kier alpha value is -0.860. The van der Waals surface area contributed by atoms with Crippen molar-refractivity contribution in [2.45, 2.75) is 44.8 Å². The van der Waals surface area contributed by atoms with Crippen molar-refractivity contribution in [1.82, 2.24) is 5.32 Å². The molecule has 2 heteroatoms. The Morgan fingerprint density at radius 3 is 3.00 bits per heavy atom. The van der Waals surface area contributed by atoms with Crippen molar-refractivity contribution in [3.63, 3.8) is 0 Å². The van der Waals surface area contributed by atoms with Crippen LogP contribution >= 0.6 is 0 Å². The van der Waals surface area contributed by atoms with E-state index in [0.717, 1.165) is 19.4 Å². The summed E-state index contributed by atoms with van der Waals surface area (Å²) in [5, 5.41) is 3.42. The van der Waals surface area contributed by atoms with Gasteiger partial charge in [-0.15, -0.1) is 0 Å². The van der Waals surface area contributed by atoms with Gasteiger partial charge >= 0.3 is 0 Å². The lowest BCUT2D eigenvalue weighted by Gasteiger charge is -2.20. The van der Waals surface area contributed by atoms with Crippen LogP contribution in [0.25, 0.3) is 0 Å². The molecule has 0 spiro atoms. The number of rotatable bonds is 5. The van der Waals surface area contributed by atoms with Crippen LogP contribution < -0.4 is 5.32 Å². The van der Waals surface area contributed by atoms with E-state index in [-0.39, 0.29) is 0 Å². The molecule has 2 atom stereocenters. The highest BCUT2D eigenvalue weighted by Crippen LogP contribution is 2.25. The van der Waals surface area contributed by atoms with Gasteiger partial charge in [-0.3, -0.25) is 0 Å². The molecule has 94 valence electrons. The van der Waals surface area contributed by atoms with Crippen LogP contribution in [-0.2, 0) is 11.2 Å². The molecular formula is C15H23NO. The SMILES string of the molecule is CCc1cccc(C(CC2CCCO2)NC)c1. The highest BCUT2D eigenvalue weighted by Gasteiger charge is 2.20. The van der Waals surface area contributed by atoms with E-state index < -0.39 is 0 Å². The van der Waals surface area contributed by atoms with Crippen LogP contribution in [0.1, 0.15) is 43.4 Å². The van der Waals surface area contributed by atoms with Gasteiger partial charge in [-0.2, -0.15) is 0 Å². The van der Waals surface area contributed by atoms with Crippen molar-refractivity contribution < 1.29 is 4.74 Å². The van der Waals surface area contributed by atoms with Crippen molar-refractivity contribution in [2.75, 3.05) is 13.7 Å². The molecule has 0 aromatic heterocycles. The van der Waals surface area contributed by atoms with Gasteiger partial charge in [0, 0.05) is 12.6 Å². The van der Waals surface area contributed by atoms with Crippen LogP contribution in [0.4, 0.5) is 0 Å². The fourth-order valence-corrected chi connectivity index (χ4v) is 2.54. The first kappa shape index (κ1) is 12.6. The molecule has 1 aromatic rings. The highest BCUT2D eigenvalue weighted by molar-refractivity contribution is 5.26. The summed E-state index contributed by atoms with van der Waals surface area (Å²) in [5.74, 6) is 0. The van der Waals surface area contributed by atoms with Crippen LogP contribution in [0, 0.1) is 0 Å². The minimum Gasteiger partial charge on any atom is -0.378 e. The van der Waals surface area contributed by atoms with E-state index in [1.54, 1.807) is 0 Å². The first-order chi connectivity index (χ1) is 8.33. The summed E-state index contributed by atoms with van der Waals surface area (Å²) < 4.78 is 5.72. The van der Waals surface area contributed by atoms with Crippen molar-refractivity contribution in [3.8, 4) is 0 Å². The molecule has 1 aliphatic heterocycles. The van der Waals surface area contributed by atoms with E-state index in [1.165, 1.54) is 24.0 Å². The lowest BCUT2D eigenvalue weighted by atomic mass is 9.97. The first-order valence-corrected chi connectivity index (χ1v) is 6.71. The van der Waals surface area contributed by atoms with Gasteiger partial charge in [-0.25, -0.2) is 0 Å². The van der Waals surface area contributed by atoms with Crippen LogP contribution in [0.15, 0.2) is 24.3 Å². The van der Waals surface area contributed by atoms with Crippen LogP contribution in [0.5, 0.6) is 0 Å². The average molecular weight is 233 g/mol. The number of benzene rings is 1. The molecule has 2 rings (SSSR count). The standard InChI is InChI=1S/C15H23NO/c1-3-12-6-4-7-13(10-12)15(16-2)11-14-8-5-9-17-14/h4,6-7,10,14-16H,3,5,8-9,11H2,1-2H3. The molecule has 1 N–H and O–H groups in total. The summed E-state index contributed by atoms with van der Waals surface area (Å²) in [6.45, 7) is 3.14. The third-order valence-corrected chi connectivity index (χ3v) is 3.63. The lowest BCUT2D eigenvalue weighted by molar-refractivity contribution is 0.0954. The Labute approximate surface area is 104 Å². The van der Waals surface area contributed by atoms with Crippen molar-refractivity contribution in [3.05, 3.63) is 35.4 Å². The van der Waals surface area contributed by atoms with Crippen LogP contribution in [0.3, 0.4) is 0 Å². The fraction of sp³-hybridized carbons (Fsp3) is 0.600. The molecular weight excluding hydrogens is 210 g/mol. The maximum Gasteiger partial charge on any atom is 0.0594 e. The van der Waals surface area contributed by atoms with Crippen LogP contribution in [0.2, 0.25) is 0 Å². The molecule has 1 aromatic carbocycles. The minimum absolute atomic E-state index is 0.421. The predicted octanol–water partition coefficient (Wildman–Crippen LogP) is 3.08. The number of hydrogen-bond donors (Lipinski definition) is 1. The van der Waals surface area contributed by atoms with E-state index in [0.29, 0.717) is 12.1 Å². The number of hydrogen-bond acceptors (Lipinski definition) is 2. The molecule has 1 heterocycles. The summed E-state index contributed by atoms with van der Waals surface area (Å²) in [6, 6.07) is 9.31. The largest absolute Gasteiger partial charge is 0.378 e. The quantitative estimate of drug-likeness (QED) is 0.844. The molecule has 0 aliphatic carbocycles. The first-order valence-electron chi connectivity index (χ1n) is 6.71. The van der Waals surface area contributed by atoms with Gasteiger partial charge in [0.25, 0.3) is 0 Å². The third-order valence-electron chi connectivity index (χ3n) is 3.63. The summed E-state index contributed by atoms with van der Waals surface area (Å²) in [4.78, 5) is 0. The molecule has 17 heavy (non-hydrogen) atoms. The van der Waals surface area contributed by atoms with Crippen molar-refractivity contribution in [1.29, 1.82) is 0 Å². The van der Waals surface area contributed by atoms with Crippen LogP contribution in [-0.4, -0.2) is 19.8 Å². The van der Waals surface area contributed by atoms with Gasteiger partial charge in [-0.05, 0) is 43.9 Å². The van der Waals surface area contributed by atoms with Gasteiger partial charge < -0.3 is 10.1 Å². The molecule has 0 amide bonds. The second-order valence-corrected chi connectivity index (χ2v) is 4.81. The molecule has 1 aliphatic rings. The van der Waals surface area contributed by atoms with Gasteiger partial charge in [0.05, 0.1) is 6.10 Å². The van der Waals surface area contributed by atoms with Crippen molar-refractivity contribution in [2.24, 2.45) is 0 Å². The fourth-order valence-electron chi connectivity index (χ4n) is 2.54. The van der Waals surface area contributed by atoms with E-state index in [2.05, 4.69) is 36.5 Å². The van der Waals surface area contributed by atoms with Gasteiger partial charge in [-0.1, -0.05) is 31.2 Å². The number of ether oxygens (including phenoxy) is 1. The molecule has 1 saturated heterocycles. The number of nitrogens with one attached hydrogen (secondary N) is 1. The molecule has 2 unspecified atom stereocenters. The summed E-state index contributed by atoms with van der Waals surface area (Å²) in [6.07, 6.45) is 5.06. The Bertz CT molecular complexity index is 345. The van der Waals surface area contributed by atoms with E-state index in [9.17, 15) is 0 Å². The molecule has 0 radical (unpaired) electrons. The second-order valence-electron chi connectivity index (χ2n) is 4.81. The Morgan fingerprint density at radius 2 is 2.35 bits per heavy atom.